The van der Waals surface area contributed by atoms with Crippen LogP contribution in [0.4, 0.5) is 0 Å². The first-order valence-electron chi connectivity index (χ1n) is 3.57. The molecule has 78 valence electrons. The molecule has 0 spiro atoms. The van der Waals surface area contributed by atoms with Crippen molar-refractivity contribution in [3.05, 3.63) is 0 Å². The van der Waals surface area contributed by atoms with Gasteiger partial charge in [0.2, 0.25) is 0 Å². The first-order chi connectivity index (χ1) is 5.99. The minimum absolute atomic E-state index is 0.431. The van der Waals surface area contributed by atoms with Gasteiger partial charge in [-0.3, -0.25) is 4.79 Å². The zero-order valence-electron chi connectivity index (χ0n) is 7.90. The molecule has 0 radical (unpaired) electrons. The van der Waals surface area contributed by atoms with Crippen LogP contribution in [0.3, 0.4) is 0 Å². The highest BCUT2D eigenvalue weighted by Gasteiger charge is 2.04. The number of hydrogen-bond donors (Lipinski definition) is 3. The van der Waals surface area contributed by atoms with Crippen molar-refractivity contribution >= 4 is 11.9 Å². The van der Waals surface area contributed by atoms with Gasteiger partial charge in [-0.1, -0.05) is 0 Å². The number of esters is 1. The van der Waals surface area contributed by atoms with Crippen LogP contribution in [0, 0.1) is 0 Å². The molecule has 0 saturated carbocycles. The molecule has 6 nitrogen and oxygen atoms in total. The molecule has 0 fully saturated rings. The number of hydrogen-bond acceptors (Lipinski definition) is 5. The molecule has 0 amide bonds. The van der Waals surface area contributed by atoms with Gasteiger partial charge in [-0.25, -0.2) is 4.79 Å². The van der Waals surface area contributed by atoms with E-state index in [-0.39, 0.29) is 0 Å². The summed E-state index contributed by atoms with van der Waals surface area (Å²) in [5, 5.41) is 18.5. The van der Waals surface area contributed by atoms with E-state index < -0.39 is 24.6 Å². The molecule has 0 aromatic carbocycles. The van der Waals surface area contributed by atoms with Crippen molar-refractivity contribution in [2.45, 2.75) is 13.0 Å². The second-order valence-electron chi connectivity index (χ2n) is 2.08. The summed E-state index contributed by atoms with van der Waals surface area (Å²) in [6, 6.07) is -0.431. The van der Waals surface area contributed by atoms with Crippen LogP contribution in [-0.4, -0.2) is 49.0 Å². The Labute approximate surface area is 76.5 Å². The number of carbonyl (C=O) groups excluding carboxylic acids is 1. The summed E-state index contributed by atoms with van der Waals surface area (Å²) in [5.74, 6) is -1.42. The van der Waals surface area contributed by atoms with Crippen molar-refractivity contribution in [3.8, 4) is 0 Å². The van der Waals surface area contributed by atoms with Crippen LogP contribution in [0.1, 0.15) is 6.92 Å². The van der Waals surface area contributed by atoms with Crippen molar-refractivity contribution in [2.75, 3.05) is 20.8 Å². The molecule has 0 aliphatic heterocycles. The number of rotatable bonds is 3. The summed E-state index contributed by atoms with van der Waals surface area (Å²) in [4.78, 5) is 19.6. The molecule has 0 unspecified atom stereocenters. The number of carboxylic acid groups (broad SMARTS) is 1. The van der Waals surface area contributed by atoms with E-state index >= 15 is 0 Å². The average molecular weight is 193 g/mol. The van der Waals surface area contributed by atoms with Crippen LogP contribution in [0.5, 0.6) is 0 Å². The van der Waals surface area contributed by atoms with Crippen LogP contribution in [-0.2, 0) is 14.3 Å². The van der Waals surface area contributed by atoms with Crippen LogP contribution >= 0.6 is 0 Å². The third-order valence-electron chi connectivity index (χ3n) is 1.16. The molecule has 0 rings (SSSR count). The van der Waals surface area contributed by atoms with Gasteiger partial charge < -0.3 is 20.3 Å². The van der Waals surface area contributed by atoms with Crippen LogP contribution in [0.2, 0.25) is 0 Å². The Morgan fingerprint density at radius 1 is 1.54 bits per heavy atom. The number of aliphatic hydroxyl groups excluding tert-OH is 1. The SMILES string of the molecule is CN[C@@H](C)C(=O)O.COC(=O)CO. The smallest absolute Gasteiger partial charge is 0.331 e. The van der Waals surface area contributed by atoms with Crippen molar-refractivity contribution in [1.29, 1.82) is 0 Å². The van der Waals surface area contributed by atoms with Gasteiger partial charge in [0.15, 0.2) is 0 Å². The normalized spacial score (nSPS) is 10.8. The third-order valence-corrected chi connectivity index (χ3v) is 1.16. The Hall–Kier alpha value is -1.14. The maximum Gasteiger partial charge on any atom is 0.331 e. The average Bonchev–Trinajstić information content (AvgIpc) is 2.16. The fraction of sp³-hybridized carbons (Fsp3) is 0.714. The molecule has 13 heavy (non-hydrogen) atoms. The molecular weight excluding hydrogens is 178 g/mol. The Morgan fingerprint density at radius 2 is 2.00 bits per heavy atom. The number of aliphatic hydroxyl groups is 1. The molecule has 0 aliphatic carbocycles. The molecule has 0 heterocycles. The largest absolute Gasteiger partial charge is 0.480 e. The standard InChI is InChI=1S/C4H9NO2.C3H6O3/c1-3(5-2)4(6)7;1-6-3(5)2-4/h3,5H,1-2H3,(H,6,7);4H,2H2,1H3/t3-;/m0./s1. The molecular formula is C7H15NO5. The van der Waals surface area contributed by atoms with E-state index in [0.717, 1.165) is 0 Å². The Balaban J connectivity index is 0. The predicted octanol–water partition coefficient (Wildman–Crippen LogP) is -1.17. The highest BCUT2D eigenvalue weighted by molar-refractivity contribution is 5.72. The summed E-state index contributed by atoms with van der Waals surface area (Å²) in [7, 11) is 2.83. The zero-order chi connectivity index (χ0) is 10.9. The van der Waals surface area contributed by atoms with Crippen molar-refractivity contribution in [2.24, 2.45) is 0 Å². The van der Waals surface area contributed by atoms with Gasteiger partial charge in [0.05, 0.1) is 7.11 Å². The van der Waals surface area contributed by atoms with E-state index in [1.54, 1.807) is 14.0 Å². The summed E-state index contributed by atoms with van der Waals surface area (Å²) in [6.45, 7) is 1.05. The van der Waals surface area contributed by atoms with E-state index in [2.05, 4.69) is 10.1 Å². The fourth-order valence-electron chi connectivity index (χ4n) is 0.188. The number of ether oxygens (including phenoxy) is 1. The first kappa shape index (κ1) is 14.4. The van der Waals surface area contributed by atoms with Gasteiger partial charge in [0, 0.05) is 0 Å². The van der Waals surface area contributed by atoms with Gasteiger partial charge in [-0.05, 0) is 14.0 Å². The second kappa shape index (κ2) is 8.95. The van der Waals surface area contributed by atoms with Gasteiger partial charge in [-0.15, -0.1) is 0 Å². The van der Waals surface area contributed by atoms with E-state index in [1.807, 2.05) is 0 Å². The first-order valence-corrected chi connectivity index (χ1v) is 3.57. The molecule has 1 atom stereocenters. The molecule has 0 bridgehead atoms. The van der Waals surface area contributed by atoms with Crippen LogP contribution < -0.4 is 5.32 Å². The topological polar surface area (TPSA) is 95.9 Å². The van der Waals surface area contributed by atoms with Crippen molar-refractivity contribution < 1.29 is 24.5 Å². The number of nitrogens with one attached hydrogen (secondary N) is 1. The summed E-state index contributed by atoms with van der Waals surface area (Å²) in [5.41, 5.74) is 0. The van der Waals surface area contributed by atoms with Gasteiger partial charge in [-0.2, -0.15) is 0 Å². The molecule has 0 aromatic heterocycles. The van der Waals surface area contributed by atoms with Crippen LogP contribution in [0.15, 0.2) is 0 Å². The third kappa shape index (κ3) is 10.9. The lowest BCUT2D eigenvalue weighted by Gasteiger charge is -1.99. The van der Waals surface area contributed by atoms with Crippen LogP contribution in [0.25, 0.3) is 0 Å². The second-order valence-corrected chi connectivity index (χ2v) is 2.08. The number of methoxy groups -OCH3 is 1. The van der Waals surface area contributed by atoms with Gasteiger partial charge >= 0.3 is 11.9 Å². The van der Waals surface area contributed by atoms with Crippen molar-refractivity contribution in [1.82, 2.24) is 5.32 Å². The maximum atomic E-state index is 9.87. The number of likely N-dealkylation sites (N-methyl/N-ethyl adjacent to an activating group) is 1. The number of carbonyl (C=O) groups is 2. The monoisotopic (exact) mass is 193 g/mol. The Morgan fingerprint density at radius 3 is 2.00 bits per heavy atom. The Bertz CT molecular complexity index is 153. The molecule has 6 heteroatoms. The maximum absolute atomic E-state index is 9.87. The van der Waals surface area contributed by atoms with E-state index in [0.29, 0.717) is 0 Å². The molecule has 0 aromatic rings. The number of aliphatic carboxylic acids is 1. The zero-order valence-corrected chi connectivity index (χ0v) is 7.90. The summed E-state index contributed by atoms with van der Waals surface area (Å²) >= 11 is 0. The Kier molecular flexibility index (Phi) is 9.91. The molecule has 0 aliphatic rings. The lowest BCUT2D eigenvalue weighted by molar-refractivity contribution is -0.143. The molecule has 0 saturated heterocycles. The van der Waals surface area contributed by atoms with E-state index in [4.69, 9.17) is 10.2 Å². The highest BCUT2D eigenvalue weighted by atomic mass is 16.5. The highest BCUT2D eigenvalue weighted by Crippen LogP contribution is 1.74. The summed E-state index contributed by atoms with van der Waals surface area (Å²) in [6.07, 6.45) is 0. The minimum atomic E-state index is -0.817. The lowest BCUT2D eigenvalue weighted by atomic mass is 10.4. The van der Waals surface area contributed by atoms with Gasteiger partial charge in [0.25, 0.3) is 0 Å². The van der Waals surface area contributed by atoms with Gasteiger partial charge in [0.1, 0.15) is 12.6 Å². The summed E-state index contributed by atoms with van der Waals surface area (Å²) < 4.78 is 4.01. The number of carboxylic acids is 1. The lowest BCUT2D eigenvalue weighted by Crippen LogP contribution is -2.29. The minimum Gasteiger partial charge on any atom is -0.480 e. The van der Waals surface area contributed by atoms with E-state index in [1.165, 1.54) is 7.11 Å². The predicted molar refractivity (Wildman–Crippen MR) is 45.3 cm³/mol. The van der Waals surface area contributed by atoms with E-state index in [9.17, 15) is 9.59 Å². The van der Waals surface area contributed by atoms with Crippen molar-refractivity contribution in [3.63, 3.8) is 0 Å². The fourth-order valence-corrected chi connectivity index (χ4v) is 0.188. The molecule has 3 N–H and O–H groups in total. The quantitative estimate of drug-likeness (QED) is 0.489.